The molecule has 2 aromatic heterocycles. The summed E-state index contributed by atoms with van der Waals surface area (Å²) < 4.78 is 30.9. The van der Waals surface area contributed by atoms with Crippen molar-refractivity contribution in [3.63, 3.8) is 0 Å². The van der Waals surface area contributed by atoms with Crippen LogP contribution >= 0.6 is 0 Å². The lowest BCUT2D eigenvalue weighted by Gasteiger charge is -2.21. The lowest BCUT2D eigenvalue weighted by atomic mass is 9.99. The molecule has 206 valence electrons. The Morgan fingerprint density at radius 1 is 1.05 bits per heavy atom. The topological polar surface area (TPSA) is 152 Å². The van der Waals surface area contributed by atoms with Crippen LogP contribution in [0, 0.1) is 11.7 Å². The van der Waals surface area contributed by atoms with Gasteiger partial charge in [-0.05, 0) is 65.6 Å². The first-order chi connectivity index (χ1) is 19.2. The fourth-order valence-corrected chi connectivity index (χ4v) is 4.31. The number of hydrogen-bond acceptors (Lipinski definition) is 9. The number of pyridine rings is 1. The van der Waals surface area contributed by atoms with E-state index in [2.05, 4.69) is 15.5 Å². The van der Waals surface area contributed by atoms with Gasteiger partial charge in [0, 0.05) is 0 Å². The lowest BCUT2D eigenvalue weighted by Crippen LogP contribution is -2.46. The van der Waals surface area contributed by atoms with Crippen molar-refractivity contribution in [2.24, 2.45) is 5.92 Å². The van der Waals surface area contributed by atoms with Crippen molar-refractivity contribution in [3.8, 4) is 22.8 Å². The Labute approximate surface area is 227 Å². The predicted octanol–water partition coefficient (Wildman–Crippen LogP) is 2.96. The monoisotopic (exact) mass is 547 g/mol. The molecule has 11 nitrogen and oxygen atoms in total. The van der Waals surface area contributed by atoms with Crippen molar-refractivity contribution >= 4 is 17.4 Å². The van der Waals surface area contributed by atoms with Gasteiger partial charge in [0.1, 0.15) is 12.4 Å². The molecule has 2 aromatic carbocycles. The fourth-order valence-electron chi connectivity index (χ4n) is 4.31. The third-order valence-electron chi connectivity index (χ3n) is 6.38. The second-order valence-electron chi connectivity index (χ2n) is 9.59. The van der Waals surface area contributed by atoms with Crippen LogP contribution in [0.15, 0.2) is 63.8 Å². The van der Waals surface area contributed by atoms with Crippen LogP contribution in [0.25, 0.3) is 11.3 Å². The Hall–Kier alpha value is -5.00. The molecule has 0 fully saturated rings. The van der Waals surface area contributed by atoms with Gasteiger partial charge in [0.15, 0.2) is 11.5 Å². The lowest BCUT2D eigenvalue weighted by molar-refractivity contribution is -0.122. The van der Waals surface area contributed by atoms with Crippen molar-refractivity contribution < 1.29 is 27.9 Å². The number of nitrogens with two attached hydrogens (primary N) is 1. The summed E-state index contributed by atoms with van der Waals surface area (Å²) in [6.07, 6.45) is 0.264. The first kappa shape index (κ1) is 26.6. The third-order valence-corrected chi connectivity index (χ3v) is 6.38. The van der Waals surface area contributed by atoms with Gasteiger partial charge in [-0.25, -0.2) is 4.39 Å². The van der Waals surface area contributed by atoms with E-state index in [9.17, 15) is 18.8 Å². The van der Waals surface area contributed by atoms with Crippen molar-refractivity contribution in [1.82, 2.24) is 20.1 Å². The van der Waals surface area contributed by atoms with E-state index < -0.39 is 35.7 Å². The van der Waals surface area contributed by atoms with Crippen LogP contribution in [0.1, 0.15) is 36.0 Å². The van der Waals surface area contributed by atoms with E-state index in [1.807, 2.05) is 6.07 Å². The van der Waals surface area contributed by atoms with Crippen molar-refractivity contribution in [2.75, 3.05) is 12.5 Å². The van der Waals surface area contributed by atoms with Crippen LogP contribution in [-0.4, -0.2) is 39.3 Å². The van der Waals surface area contributed by atoms with E-state index >= 15 is 0 Å². The van der Waals surface area contributed by atoms with Crippen molar-refractivity contribution in [2.45, 2.75) is 32.9 Å². The molecule has 0 unspecified atom stereocenters. The van der Waals surface area contributed by atoms with E-state index in [0.29, 0.717) is 22.8 Å². The highest BCUT2D eigenvalue weighted by Crippen LogP contribution is 2.33. The minimum atomic E-state index is -1.00. The molecule has 0 bridgehead atoms. The normalized spacial score (nSPS) is 12.9. The number of Topliss-reactive ketones (excluding diaryl/α,β-unsaturated/α-hetero) is 1. The smallest absolute Gasteiger partial charge is 0.286 e. The standard InChI is InChI=1S/C28H26FN5O6/c1-15(2)25(26(36)27-33-32-24(40-27)12-16-3-10-21-22(11-16)39-14-38-21)31-23(35)13-34-20(9-8-19(30)28(34)37)17-4-6-18(29)7-5-17/h3-11,15,25H,12-14,30H2,1-2H3,(H,31,35)/t25-/m0/s1. The first-order valence-corrected chi connectivity index (χ1v) is 12.5. The zero-order valence-corrected chi connectivity index (χ0v) is 21.7. The first-order valence-electron chi connectivity index (χ1n) is 12.5. The minimum Gasteiger partial charge on any atom is -0.454 e. The molecule has 3 heterocycles. The highest BCUT2D eigenvalue weighted by molar-refractivity contribution is 5.98. The highest BCUT2D eigenvalue weighted by atomic mass is 19.1. The number of nitrogen functional groups attached to an aromatic ring is 1. The molecular weight excluding hydrogens is 521 g/mol. The van der Waals surface area contributed by atoms with Gasteiger partial charge < -0.3 is 24.9 Å². The molecule has 1 atom stereocenters. The summed E-state index contributed by atoms with van der Waals surface area (Å²) in [4.78, 5) is 39.2. The molecule has 1 aliphatic heterocycles. The zero-order chi connectivity index (χ0) is 28.4. The molecule has 0 saturated carbocycles. The molecule has 12 heteroatoms. The molecule has 0 aliphatic carbocycles. The fraction of sp³-hybridized carbons (Fsp3) is 0.250. The van der Waals surface area contributed by atoms with Gasteiger partial charge >= 0.3 is 0 Å². The van der Waals surface area contributed by atoms with Crippen LogP contribution in [0.3, 0.4) is 0 Å². The number of nitrogens with zero attached hydrogens (tertiary/aromatic N) is 3. The quantitative estimate of drug-likeness (QED) is 0.301. The summed E-state index contributed by atoms with van der Waals surface area (Å²) in [5, 5.41) is 10.5. The molecule has 0 spiro atoms. The van der Waals surface area contributed by atoms with Gasteiger partial charge in [0.05, 0.1) is 23.8 Å². The molecule has 5 rings (SSSR count). The van der Waals surface area contributed by atoms with Crippen LogP contribution in [0.5, 0.6) is 11.5 Å². The Kier molecular flexibility index (Phi) is 7.32. The molecule has 4 aromatic rings. The average Bonchev–Trinajstić information content (AvgIpc) is 3.60. The maximum absolute atomic E-state index is 13.4. The van der Waals surface area contributed by atoms with Crippen LogP contribution in [0.2, 0.25) is 0 Å². The number of aromatic nitrogens is 3. The number of hydrogen-bond donors (Lipinski definition) is 2. The number of fused-ring (bicyclic) bond motifs is 1. The molecule has 40 heavy (non-hydrogen) atoms. The summed E-state index contributed by atoms with van der Waals surface area (Å²) in [6, 6.07) is 12.9. The number of carbonyl (C=O) groups is 2. The van der Waals surface area contributed by atoms with E-state index in [1.54, 1.807) is 32.0 Å². The Bertz CT molecular complexity index is 1630. The van der Waals surface area contributed by atoms with Gasteiger partial charge in [0.2, 0.25) is 24.4 Å². The number of nitrogens with one attached hydrogen (secondary N) is 1. The van der Waals surface area contributed by atoms with Crippen LogP contribution in [-0.2, 0) is 17.8 Å². The number of anilines is 1. The molecule has 1 amide bonds. The average molecular weight is 548 g/mol. The van der Waals surface area contributed by atoms with Crippen molar-refractivity contribution in [1.29, 1.82) is 0 Å². The predicted molar refractivity (Wildman–Crippen MR) is 141 cm³/mol. The summed E-state index contributed by atoms with van der Waals surface area (Å²) in [5.74, 6) is -0.730. The van der Waals surface area contributed by atoms with Gasteiger partial charge in [-0.15, -0.1) is 10.2 Å². The number of benzene rings is 2. The molecule has 1 aliphatic rings. The van der Waals surface area contributed by atoms with E-state index in [4.69, 9.17) is 19.6 Å². The summed E-state index contributed by atoms with van der Waals surface area (Å²) in [7, 11) is 0. The summed E-state index contributed by atoms with van der Waals surface area (Å²) in [6.45, 7) is 3.24. The Morgan fingerprint density at radius 3 is 2.55 bits per heavy atom. The molecule has 3 N–H and O–H groups in total. The number of halogens is 1. The van der Waals surface area contributed by atoms with Gasteiger partial charge in [0.25, 0.3) is 11.4 Å². The van der Waals surface area contributed by atoms with Gasteiger partial charge in [-0.2, -0.15) is 0 Å². The largest absolute Gasteiger partial charge is 0.454 e. The third kappa shape index (κ3) is 5.55. The Morgan fingerprint density at radius 2 is 1.80 bits per heavy atom. The number of carbonyl (C=O) groups excluding carboxylic acids is 2. The summed E-state index contributed by atoms with van der Waals surface area (Å²) in [5.41, 5.74) is 6.87. The number of ketones is 1. The van der Waals surface area contributed by atoms with Gasteiger partial charge in [-0.1, -0.05) is 19.9 Å². The van der Waals surface area contributed by atoms with E-state index in [1.165, 1.54) is 34.9 Å². The zero-order valence-electron chi connectivity index (χ0n) is 21.7. The Balaban J connectivity index is 1.31. The minimum absolute atomic E-state index is 0.0593. The van der Waals surface area contributed by atoms with Crippen LogP contribution in [0.4, 0.5) is 10.1 Å². The number of rotatable bonds is 9. The molecule has 0 saturated heterocycles. The highest BCUT2D eigenvalue weighted by Gasteiger charge is 2.30. The van der Waals surface area contributed by atoms with Crippen LogP contribution < -0.4 is 26.1 Å². The summed E-state index contributed by atoms with van der Waals surface area (Å²) >= 11 is 0. The van der Waals surface area contributed by atoms with Gasteiger partial charge in [-0.3, -0.25) is 19.0 Å². The number of ether oxygens (including phenoxy) is 2. The maximum Gasteiger partial charge on any atom is 0.286 e. The molecule has 0 radical (unpaired) electrons. The number of amides is 1. The van der Waals surface area contributed by atoms with E-state index in [0.717, 1.165) is 5.56 Å². The molecular formula is C28H26FN5O6. The second kappa shape index (κ2) is 11.0. The SMILES string of the molecule is CC(C)[C@H](NC(=O)Cn1c(-c2ccc(F)cc2)ccc(N)c1=O)C(=O)c1nnc(Cc2ccc3c(c2)OCO3)o1. The van der Waals surface area contributed by atoms with E-state index in [-0.39, 0.29) is 36.6 Å². The second-order valence-corrected chi connectivity index (χ2v) is 9.59. The van der Waals surface area contributed by atoms with Crippen molar-refractivity contribution in [3.05, 3.63) is 88.1 Å². The maximum atomic E-state index is 13.4.